The van der Waals surface area contributed by atoms with E-state index in [0.717, 1.165) is 36.0 Å². The molecule has 2 nitrogen and oxygen atoms in total. The van der Waals surface area contributed by atoms with E-state index in [1.165, 1.54) is 24.8 Å². The third-order valence-electron chi connectivity index (χ3n) is 4.16. The van der Waals surface area contributed by atoms with Crippen molar-refractivity contribution in [3.63, 3.8) is 0 Å². The zero-order chi connectivity index (χ0) is 12.5. The SMILES string of the molecule is O=C(C1CCCCC1)N1CCc2cc(Br)ccc21. The van der Waals surface area contributed by atoms with Gasteiger partial charge >= 0.3 is 0 Å². The van der Waals surface area contributed by atoms with E-state index in [1.54, 1.807) is 0 Å². The third-order valence-corrected chi connectivity index (χ3v) is 4.65. The molecule has 2 aliphatic rings. The molecule has 3 heteroatoms. The summed E-state index contributed by atoms with van der Waals surface area (Å²) in [4.78, 5) is 14.6. The first kappa shape index (κ1) is 12.2. The Morgan fingerprint density at radius 1 is 1.22 bits per heavy atom. The Labute approximate surface area is 116 Å². The molecule has 1 aliphatic carbocycles. The lowest BCUT2D eigenvalue weighted by Crippen LogP contribution is -2.35. The van der Waals surface area contributed by atoms with Crippen LogP contribution in [0.3, 0.4) is 0 Å². The fourth-order valence-corrected chi connectivity index (χ4v) is 3.58. The van der Waals surface area contributed by atoms with Gasteiger partial charge in [0, 0.05) is 22.6 Å². The van der Waals surface area contributed by atoms with Gasteiger partial charge in [0.25, 0.3) is 0 Å². The number of carbonyl (C=O) groups is 1. The quantitative estimate of drug-likeness (QED) is 0.770. The van der Waals surface area contributed by atoms with E-state index >= 15 is 0 Å². The molecule has 0 spiro atoms. The van der Waals surface area contributed by atoms with Crippen molar-refractivity contribution in [2.45, 2.75) is 38.5 Å². The minimum atomic E-state index is 0.272. The van der Waals surface area contributed by atoms with Gasteiger partial charge in [-0.1, -0.05) is 35.2 Å². The molecule has 0 atom stereocenters. The van der Waals surface area contributed by atoms with Crippen LogP contribution in [0.15, 0.2) is 22.7 Å². The molecule has 1 aliphatic heterocycles. The highest BCUT2D eigenvalue weighted by Crippen LogP contribution is 2.34. The van der Waals surface area contributed by atoms with Crippen molar-refractivity contribution < 1.29 is 4.79 Å². The first-order chi connectivity index (χ1) is 8.75. The molecule has 1 fully saturated rings. The van der Waals surface area contributed by atoms with Crippen molar-refractivity contribution in [2.75, 3.05) is 11.4 Å². The molecule has 1 saturated carbocycles. The van der Waals surface area contributed by atoms with Crippen molar-refractivity contribution in [1.29, 1.82) is 0 Å². The number of anilines is 1. The van der Waals surface area contributed by atoms with Gasteiger partial charge in [0.05, 0.1) is 0 Å². The van der Waals surface area contributed by atoms with Crippen LogP contribution in [0.1, 0.15) is 37.7 Å². The molecule has 0 radical (unpaired) electrons. The number of carbonyl (C=O) groups excluding carboxylic acids is 1. The highest BCUT2D eigenvalue weighted by atomic mass is 79.9. The van der Waals surface area contributed by atoms with Gasteiger partial charge in [-0.25, -0.2) is 0 Å². The summed E-state index contributed by atoms with van der Waals surface area (Å²) in [6, 6.07) is 6.25. The highest BCUT2D eigenvalue weighted by molar-refractivity contribution is 9.10. The Kier molecular flexibility index (Phi) is 3.42. The number of nitrogens with zero attached hydrogens (tertiary/aromatic N) is 1. The number of amides is 1. The molecule has 96 valence electrons. The molecule has 1 aromatic rings. The van der Waals surface area contributed by atoms with Crippen molar-refractivity contribution in [2.24, 2.45) is 5.92 Å². The summed E-state index contributed by atoms with van der Waals surface area (Å²) in [5, 5.41) is 0. The van der Waals surface area contributed by atoms with E-state index in [1.807, 2.05) is 11.0 Å². The number of fused-ring (bicyclic) bond motifs is 1. The van der Waals surface area contributed by atoms with Gasteiger partial charge in [-0.05, 0) is 43.0 Å². The molecular formula is C15H18BrNO. The smallest absolute Gasteiger partial charge is 0.230 e. The molecule has 0 unspecified atom stereocenters. The Morgan fingerprint density at radius 3 is 2.78 bits per heavy atom. The lowest BCUT2D eigenvalue weighted by molar-refractivity contribution is -0.123. The van der Waals surface area contributed by atoms with Gasteiger partial charge < -0.3 is 4.90 Å². The molecule has 1 heterocycles. The van der Waals surface area contributed by atoms with Crippen LogP contribution in [0.4, 0.5) is 5.69 Å². The molecule has 0 aromatic heterocycles. The maximum Gasteiger partial charge on any atom is 0.230 e. The third kappa shape index (κ3) is 2.20. The first-order valence-electron chi connectivity index (χ1n) is 6.85. The first-order valence-corrected chi connectivity index (χ1v) is 7.65. The predicted molar refractivity (Wildman–Crippen MR) is 76.8 cm³/mol. The second-order valence-corrected chi connectivity index (χ2v) is 6.26. The van der Waals surface area contributed by atoms with Crippen LogP contribution in [0, 0.1) is 5.92 Å². The van der Waals surface area contributed by atoms with Crippen LogP contribution >= 0.6 is 15.9 Å². The zero-order valence-electron chi connectivity index (χ0n) is 10.5. The lowest BCUT2D eigenvalue weighted by Gasteiger charge is -2.26. The lowest BCUT2D eigenvalue weighted by atomic mass is 9.88. The Balaban J connectivity index is 1.80. The predicted octanol–water partition coefficient (Wildman–Crippen LogP) is 3.92. The van der Waals surface area contributed by atoms with Gasteiger partial charge in [-0.15, -0.1) is 0 Å². The van der Waals surface area contributed by atoms with Crippen LogP contribution in [0.25, 0.3) is 0 Å². The van der Waals surface area contributed by atoms with Gasteiger partial charge in [-0.2, -0.15) is 0 Å². The number of halogens is 1. The average molecular weight is 308 g/mol. The Morgan fingerprint density at radius 2 is 2.00 bits per heavy atom. The molecule has 1 amide bonds. The summed E-state index contributed by atoms with van der Waals surface area (Å²) in [5.74, 6) is 0.629. The fourth-order valence-electron chi connectivity index (χ4n) is 3.17. The largest absolute Gasteiger partial charge is 0.312 e. The monoisotopic (exact) mass is 307 g/mol. The van der Waals surface area contributed by atoms with Gasteiger partial charge in [0.2, 0.25) is 5.91 Å². The van der Waals surface area contributed by atoms with Crippen molar-refractivity contribution in [1.82, 2.24) is 0 Å². The Hall–Kier alpha value is -0.830. The van der Waals surface area contributed by atoms with Crippen LogP contribution < -0.4 is 4.90 Å². The molecule has 1 aromatic carbocycles. The van der Waals surface area contributed by atoms with Gasteiger partial charge in [0.15, 0.2) is 0 Å². The molecule has 3 rings (SSSR count). The summed E-state index contributed by atoms with van der Waals surface area (Å²) in [6.45, 7) is 0.862. The van der Waals surface area contributed by atoms with E-state index in [9.17, 15) is 4.79 Å². The standard InChI is InChI=1S/C15H18BrNO/c16-13-6-7-14-12(10-13)8-9-17(14)15(18)11-4-2-1-3-5-11/h6-7,10-11H,1-5,8-9H2. The average Bonchev–Trinajstić information content (AvgIpc) is 2.81. The van der Waals surface area contributed by atoms with Crippen molar-refractivity contribution >= 4 is 27.5 Å². The molecule has 18 heavy (non-hydrogen) atoms. The maximum absolute atomic E-state index is 12.6. The van der Waals surface area contributed by atoms with E-state index in [0.29, 0.717) is 5.91 Å². The second-order valence-electron chi connectivity index (χ2n) is 5.35. The summed E-state index contributed by atoms with van der Waals surface area (Å²) in [6.07, 6.45) is 6.90. The number of hydrogen-bond donors (Lipinski definition) is 0. The molecular weight excluding hydrogens is 290 g/mol. The van der Waals surface area contributed by atoms with Crippen LogP contribution in [0.2, 0.25) is 0 Å². The number of hydrogen-bond acceptors (Lipinski definition) is 1. The van der Waals surface area contributed by atoms with Gasteiger partial charge in [0.1, 0.15) is 0 Å². The van der Waals surface area contributed by atoms with E-state index in [-0.39, 0.29) is 5.92 Å². The van der Waals surface area contributed by atoms with Crippen molar-refractivity contribution in [3.8, 4) is 0 Å². The van der Waals surface area contributed by atoms with E-state index in [4.69, 9.17) is 0 Å². The van der Waals surface area contributed by atoms with E-state index in [2.05, 4.69) is 28.1 Å². The Bertz CT molecular complexity index is 466. The minimum absolute atomic E-state index is 0.272. The molecule has 0 N–H and O–H groups in total. The zero-order valence-corrected chi connectivity index (χ0v) is 12.1. The van der Waals surface area contributed by atoms with Gasteiger partial charge in [-0.3, -0.25) is 4.79 Å². The topological polar surface area (TPSA) is 20.3 Å². The normalized spacial score (nSPS) is 19.9. The number of rotatable bonds is 1. The highest BCUT2D eigenvalue weighted by Gasteiger charge is 2.30. The molecule has 0 saturated heterocycles. The van der Waals surface area contributed by atoms with Crippen LogP contribution in [-0.2, 0) is 11.2 Å². The summed E-state index contributed by atoms with van der Waals surface area (Å²) in [5.41, 5.74) is 2.43. The summed E-state index contributed by atoms with van der Waals surface area (Å²) in [7, 11) is 0. The van der Waals surface area contributed by atoms with Crippen LogP contribution in [-0.4, -0.2) is 12.5 Å². The second kappa shape index (κ2) is 5.04. The molecule has 0 bridgehead atoms. The fraction of sp³-hybridized carbons (Fsp3) is 0.533. The van der Waals surface area contributed by atoms with Crippen LogP contribution in [0.5, 0.6) is 0 Å². The minimum Gasteiger partial charge on any atom is -0.312 e. The summed E-state index contributed by atoms with van der Waals surface area (Å²) >= 11 is 3.50. The van der Waals surface area contributed by atoms with Crippen molar-refractivity contribution in [3.05, 3.63) is 28.2 Å². The van der Waals surface area contributed by atoms with E-state index < -0.39 is 0 Å². The maximum atomic E-state index is 12.6. The number of benzene rings is 1. The summed E-state index contributed by atoms with van der Waals surface area (Å²) < 4.78 is 1.10.